The molecular formula is C12H20F3NO5. The molecule has 6 unspecified atom stereocenters. The predicted octanol–water partition coefficient (Wildman–Crippen LogP) is -0.296. The van der Waals surface area contributed by atoms with Crippen LogP contribution in [-0.2, 0) is 9.53 Å². The van der Waals surface area contributed by atoms with E-state index >= 15 is 0 Å². The van der Waals surface area contributed by atoms with Crippen LogP contribution in [0.4, 0.5) is 13.2 Å². The molecule has 0 spiro atoms. The number of nitrogens with one attached hydrogen (secondary N) is 1. The Kier molecular flexibility index (Phi) is 5.97. The zero-order valence-corrected chi connectivity index (χ0v) is 11.7. The van der Waals surface area contributed by atoms with E-state index in [1.165, 1.54) is 6.92 Å². The van der Waals surface area contributed by atoms with Crippen LogP contribution < -0.4 is 5.32 Å². The summed E-state index contributed by atoms with van der Waals surface area (Å²) in [5.41, 5.74) is 0. The predicted molar refractivity (Wildman–Crippen MR) is 65.2 cm³/mol. The van der Waals surface area contributed by atoms with Gasteiger partial charge in [-0.3, -0.25) is 4.79 Å². The fourth-order valence-corrected chi connectivity index (χ4v) is 2.32. The minimum Gasteiger partial charge on any atom is -0.388 e. The van der Waals surface area contributed by atoms with Crippen molar-refractivity contribution in [1.82, 2.24) is 5.32 Å². The molecule has 0 bridgehead atoms. The lowest BCUT2D eigenvalue weighted by Crippen LogP contribution is -2.63. The lowest BCUT2D eigenvalue weighted by Gasteiger charge is -2.43. The third kappa shape index (κ3) is 4.06. The monoisotopic (exact) mass is 315 g/mol. The molecule has 1 heterocycles. The Morgan fingerprint density at radius 3 is 2.19 bits per heavy atom. The highest BCUT2D eigenvalue weighted by Gasteiger charge is 2.47. The van der Waals surface area contributed by atoms with E-state index in [-0.39, 0.29) is 6.42 Å². The van der Waals surface area contributed by atoms with Crippen LogP contribution in [0, 0.1) is 0 Å². The summed E-state index contributed by atoms with van der Waals surface area (Å²) in [4.78, 5) is 11.0. The minimum atomic E-state index is -5.05. The molecule has 1 rings (SSSR count). The van der Waals surface area contributed by atoms with Crippen LogP contribution in [0.25, 0.3) is 0 Å². The van der Waals surface area contributed by atoms with Crippen molar-refractivity contribution in [3.05, 3.63) is 0 Å². The molecule has 6 nitrogen and oxygen atoms in total. The van der Waals surface area contributed by atoms with Gasteiger partial charge in [0.25, 0.3) is 0 Å². The Labute approximate surface area is 119 Å². The molecule has 6 atom stereocenters. The third-order valence-electron chi connectivity index (χ3n) is 3.56. The van der Waals surface area contributed by atoms with Gasteiger partial charge in [-0.2, -0.15) is 13.2 Å². The van der Waals surface area contributed by atoms with Crippen molar-refractivity contribution in [2.75, 3.05) is 0 Å². The number of rotatable bonds is 4. The number of alkyl halides is 3. The van der Waals surface area contributed by atoms with Gasteiger partial charge in [-0.25, -0.2) is 0 Å². The van der Waals surface area contributed by atoms with Crippen LogP contribution in [0.5, 0.6) is 0 Å². The first-order valence-corrected chi connectivity index (χ1v) is 6.70. The van der Waals surface area contributed by atoms with Crippen LogP contribution in [0.3, 0.4) is 0 Å². The van der Waals surface area contributed by atoms with E-state index in [1.807, 2.05) is 0 Å². The second-order valence-corrected chi connectivity index (χ2v) is 5.01. The Morgan fingerprint density at radius 1 is 1.19 bits per heavy atom. The molecule has 0 aromatic heterocycles. The van der Waals surface area contributed by atoms with Crippen molar-refractivity contribution in [2.45, 2.75) is 69.4 Å². The summed E-state index contributed by atoms with van der Waals surface area (Å²) in [7, 11) is 0. The molecule has 1 saturated heterocycles. The topological polar surface area (TPSA) is 99.0 Å². The number of amides is 1. The average Bonchev–Trinajstić information content (AvgIpc) is 2.42. The van der Waals surface area contributed by atoms with Crippen LogP contribution >= 0.6 is 0 Å². The van der Waals surface area contributed by atoms with Gasteiger partial charge >= 0.3 is 12.1 Å². The number of hydrogen-bond donors (Lipinski definition) is 4. The van der Waals surface area contributed by atoms with Crippen molar-refractivity contribution < 1.29 is 38.0 Å². The quantitative estimate of drug-likeness (QED) is 0.571. The molecule has 1 amide bonds. The number of ether oxygens (including phenoxy) is 1. The Bertz CT molecular complexity index is 363. The van der Waals surface area contributed by atoms with Gasteiger partial charge in [0.15, 0.2) is 0 Å². The van der Waals surface area contributed by atoms with Crippen LogP contribution in [0.15, 0.2) is 0 Å². The maximum absolute atomic E-state index is 12.3. The molecule has 0 aromatic rings. The van der Waals surface area contributed by atoms with Crippen molar-refractivity contribution in [3.8, 4) is 0 Å². The standard InChI is InChI=1S/C12H20F3NO5/c1-3-5(16-11(20)12(13,14)15)10-9(19)8(18)7(17)6(4-2)21-10/h5-10,17-19H,3-4H2,1-2H3,(H,16,20). The third-order valence-corrected chi connectivity index (χ3v) is 3.56. The highest BCUT2D eigenvalue weighted by atomic mass is 19.4. The number of carbonyl (C=O) groups is 1. The molecule has 1 aliphatic heterocycles. The van der Waals surface area contributed by atoms with Crippen molar-refractivity contribution in [1.29, 1.82) is 0 Å². The number of hydrogen-bond acceptors (Lipinski definition) is 5. The first kappa shape index (κ1) is 18.1. The van der Waals surface area contributed by atoms with E-state index in [1.54, 1.807) is 12.2 Å². The van der Waals surface area contributed by atoms with Gasteiger partial charge in [-0.15, -0.1) is 0 Å². The molecule has 9 heteroatoms. The number of aliphatic hydroxyl groups excluding tert-OH is 3. The maximum Gasteiger partial charge on any atom is 0.471 e. The zero-order chi connectivity index (χ0) is 16.4. The van der Waals surface area contributed by atoms with Gasteiger partial charge in [-0.05, 0) is 12.8 Å². The lowest BCUT2D eigenvalue weighted by molar-refractivity contribution is -0.230. The summed E-state index contributed by atoms with van der Waals surface area (Å²) >= 11 is 0. The molecule has 0 radical (unpaired) electrons. The van der Waals surface area contributed by atoms with Crippen molar-refractivity contribution >= 4 is 5.91 Å². The van der Waals surface area contributed by atoms with Gasteiger partial charge in [0.2, 0.25) is 0 Å². The fourth-order valence-electron chi connectivity index (χ4n) is 2.32. The van der Waals surface area contributed by atoms with Gasteiger partial charge in [0.1, 0.15) is 24.4 Å². The molecule has 21 heavy (non-hydrogen) atoms. The van der Waals surface area contributed by atoms with E-state index in [2.05, 4.69) is 0 Å². The SMILES string of the molecule is CCC(NC(=O)C(F)(F)F)C1OC(CC)C(O)C(O)C1O. The molecule has 1 fully saturated rings. The number of aliphatic hydroxyl groups is 3. The normalized spacial score (nSPS) is 35.3. The molecule has 124 valence electrons. The van der Waals surface area contributed by atoms with Gasteiger partial charge in [0, 0.05) is 0 Å². The average molecular weight is 315 g/mol. The minimum absolute atomic E-state index is 0.0583. The lowest BCUT2D eigenvalue weighted by atomic mass is 9.89. The van der Waals surface area contributed by atoms with E-state index in [0.29, 0.717) is 6.42 Å². The highest BCUT2D eigenvalue weighted by molar-refractivity contribution is 5.82. The van der Waals surface area contributed by atoms with Crippen LogP contribution in [0.2, 0.25) is 0 Å². The summed E-state index contributed by atoms with van der Waals surface area (Å²) in [5.74, 6) is -2.14. The summed E-state index contributed by atoms with van der Waals surface area (Å²) in [5, 5.41) is 31.0. The van der Waals surface area contributed by atoms with Crippen LogP contribution in [0.1, 0.15) is 26.7 Å². The van der Waals surface area contributed by atoms with Crippen molar-refractivity contribution in [3.63, 3.8) is 0 Å². The molecule has 0 aliphatic carbocycles. The molecule has 0 aromatic carbocycles. The Morgan fingerprint density at radius 2 is 1.76 bits per heavy atom. The number of halogens is 3. The highest BCUT2D eigenvalue weighted by Crippen LogP contribution is 2.26. The number of carbonyl (C=O) groups excluding carboxylic acids is 1. The van der Waals surface area contributed by atoms with Gasteiger partial charge in [0.05, 0.1) is 12.1 Å². The smallest absolute Gasteiger partial charge is 0.388 e. The maximum atomic E-state index is 12.3. The Balaban J connectivity index is 2.86. The molecule has 4 N–H and O–H groups in total. The second-order valence-electron chi connectivity index (χ2n) is 5.01. The zero-order valence-electron chi connectivity index (χ0n) is 11.7. The fraction of sp³-hybridized carbons (Fsp3) is 0.917. The van der Waals surface area contributed by atoms with Gasteiger partial charge < -0.3 is 25.4 Å². The Hall–Kier alpha value is -0.900. The second kappa shape index (κ2) is 6.91. The molecule has 0 saturated carbocycles. The van der Waals surface area contributed by atoms with E-state index in [9.17, 15) is 33.3 Å². The van der Waals surface area contributed by atoms with Crippen LogP contribution in [-0.4, -0.2) is 64.0 Å². The summed E-state index contributed by atoms with van der Waals surface area (Å²) in [6, 6.07) is -1.13. The summed E-state index contributed by atoms with van der Waals surface area (Å²) in [6.07, 6.45) is -11.2. The first-order valence-electron chi connectivity index (χ1n) is 6.70. The van der Waals surface area contributed by atoms with Gasteiger partial charge in [-0.1, -0.05) is 13.8 Å². The first-order chi connectivity index (χ1) is 9.63. The van der Waals surface area contributed by atoms with E-state index in [4.69, 9.17) is 4.74 Å². The van der Waals surface area contributed by atoms with E-state index < -0.39 is 48.6 Å². The largest absolute Gasteiger partial charge is 0.471 e. The van der Waals surface area contributed by atoms with E-state index in [0.717, 1.165) is 0 Å². The molecule has 1 aliphatic rings. The molecular weight excluding hydrogens is 295 g/mol. The summed E-state index contributed by atoms with van der Waals surface area (Å²) in [6.45, 7) is 3.17. The summed E-state index contributed by atoms with van der Waals surface area (Å²) < 4.78 is 42.2. The van der Waals surface area contributed by atoms with Crippen molar-refractivity contribution in [2.24, 2.45) is 0 Å².